The van der Waals surface area contributed by atoms with Crippen LogP contribution in [0.5, 0.6) is 11.5 Å². The van der Waals surface area contributed by atoms with Gasteiger partial charge in [-0.1, -0.05) is 72.5 Å². The van der Waals surface area contributed by atoms with Crippen LogP contribution >= 0.6 is 0 Å². The minimum atomic E-state index is 0.843. The summed E-state index contributed by atoms with van der Waals surface area (Å²) < 4.78 is 10.5. The fourth-order valence-corrected chi connectivity index (χ4v) is 3.36. The molecule has 4 aromatic rings. The molecule has 0 aromatic heterocycles. The summed E-state index contributed by atoms with van der Waals surface area (Å²) in [5, 5.41) is 0. The molecular weight excluding hydrogens is 368 g/mol. The lowest BCUT2D eigenvalue weighted by Crippen LogP contribution is -1.88. The summed E-state index contributed by atoms with van der Waals surface area (Å²) in [6, 6.07) is 32.6. The maximum atomic E-state index is 5.27. The van der Waals surface area contributed by atoms with Gasteiger partial charge >= 0.3 is 0 Å². The molecule has 0 aliphatic carbocycles. The minimum absolute atomic E-state index is 0.843. The Kier molecular flexibility index (Phi) is 5.83. The predicted molar refractivity (Wildman–Crippen MR) is 123 cm³/mol. The molecule has 146 valence electrons. The van der Waals surface area contributed by atoms with Gasteiger partial charge in [-0.3, -0.25) is 0 Å². The zero-order valence-corrected chi connectivity index (χ0v) is 17.1. The Morgan fingerprint density at radius 2 is 0.833 bits per heavy atom. The van der Waals surface area contributed by atoms with Gasteiger partial charge in [0, 0.05) is 11.1 Å². The number of hydrogen-bond donors (Lipinski definition) is 0. The largest absolute Gasteiger partial charge is 0.497 e. The van der Waals surface area contributed by atoms with Crippen LogP contribution in [0.4, 0.5) is 0 Å². The van der Waals surface area contributed by atoms with Crippen LogP contribution in [-0.2, 0) is 0 Å². The first-order valence-electron chi connectivity index (χ1n) is 9.77. The van der Waals surface area contributed by atoms with Gasteiger partial charge in [-0.2, -0.15) is 0 Å². The second-order valence-electron chi connectivity index (χ2n) is 6.80. The van der Waals surface area contributed by atoms with Crippen molar-refractivity contribution in [3.05, 3.63) is 108 Å². The van der Waals surface area contributed by atoms with Crippen molar-refractivity contribution in [1.82, 2.24) is 0 Å². The minimum Gasteiger partial charge on any atom is -0.497 e. The van der Waals surface area contributed by atoms with E-state index in [0.29, 0.717) is 0 Å². The lowest BCUT2D eigenvalue weighted by molar-refractivity contribution is 0.415. The number of methoxy groups -OCH3 is 2. The zero-order valence-electron chi connectivity index (χ0n) is 17.1. The molecule has 0 saturated carbocycles. The van der Waals surface area contributed by atoms with Crippen LogP contribution in [0.15, 0.2) is 97.1 Å². The van der Waals surface area contributed by atoms with Crippen molar-refractivity contribution in [2.75, 3.05) is 14.2 Å². The maximum absolute atomic E-state index is 5.27. The van der Waals surface area contributed by atoms with Crippen LogP contribution in [0.2, 0.25) is 0 Å². The van der Waals surface area contributed by atoms with E-state index in [9.17, 15) is 0 Å². The smallest absolute Gasteiger partial charge is 0.118 e. The number of hydrogen-bond acceptors (Lipinski definition) is 2. The lowest BCUT2D eigenvalue weighted by atomic mass is 9.97. The van der Waals surface area contributed by atoms with Crippen LogP contribution in [0.3, 0.4) is 0 Å². The van der Waals surface area contributed by atoms with Crippen molar-refractivity contribution >= 4 is 0 Å². The normalized spacial score (nSPS) is 10.1. The van der Waals surface area contributed by atoms with Crippen LogP contribution in [0.25, 0.3) is 22.3 Å². The van der Waals surface area contributed by atoms with Gasteiger partial charge in [0.25, 0.3) is 0 Å². The number of benzene rings is 4. The predicted octanol–water partition coefficient (Wildman–Crippen LogP) is 6.44. The molecule has 30 heavy (non-hydrogen) atoms. The van der Waals surface area contributed by atoms with Gasteiger partial charge in [-0.15, -0.1) is 0 Å². The highest BCUT2D eigenvalue weighted by Gasteiger charge is 2.05. The average molecular weight is 390 g/mol. The van der Waals surface area contributed by atoms with Crippen molar-refractivity contribution in [3.63, 3.8) is 0 Å². The highest BCUT2D eigenvalue weighted by Crippen LogP contribution is 2.27. The van der Waals surface area contributed by atoms with Gasteiger partial charge in [-0.25, -0.2) is 0 Å². The van der Waals surface area contributed by atoms with Crippen molar-refractivity contribution in [1.29, 1.82) is 0 Å². The molecule has 4 aromatic carbocycles. The van der Waals surface area contributed by atoms with E-state index in [1.165, 1.54) is 0 Å². The van der Waals surface area contributed by atoms with Gasteiger partial charge in [0.05, 0.1) is 14.2 Å². The Bertz CT molecular complexity index is 1100. The van der Waals surface area contributed by atoms with Gasteiger partial charge in [-0.05, 0) is 58.7 Å². The van der Waals surface area contributed by atoms with E-state index < -0.39 is 0 Å². The monoisotopic (exact) mass is 390 g/mol. The van der Waals surface area contributed by atoms with Gasteiger partial charge in [0.15, 0.2) is 0 Å². The van der Waals surface area contributed by atoms with E-state index in [1.54, 1.807) is 14.2 Å². The van der Waals surface area contributed by atoms with Crippen LogP contribution in [0, 0.1) is 11.8 Å². The number of rotatable bonds is 4. The van der Waals surface area contributed by atoms with E-state index >= 15 is 0 Å². The molecular formula is C28H22O2. The second kappa shape index (κ2) is 9.03. The van der Waals surface area contributed by atoms with Crippen molar-refractivity contribution in [3.8, 4) is 45.6 Å². The molecule has 0 aliphatic heterocycles. The molecule has 0 fully saturated rings. The molecule has 0 heterocycles. The van der Waals surface area contributed by atoms with Crippen LogP contribution in [0.1, 0.15) is 11.1 Å². The summed E-state index contributed by atoms with van der Waals surface area (Å²) >= 11 is 0. The highest BCUT2D eigenvalue weighted by molar-refractivity contribution is 5.75. The van der Waals surface area contributed by atoms with E-state index in [0.717, 1.165) is 44.9 Å². The first kappa shape index (κ1) is 19.4. The Balaban J connectivity index is 1.71. The topological polar surface area (TPSA) is 18.5 Å². The van der Waals surface area contributed by atoms with Gasteiger partial charge in [0.2, 0.25) is 0 Å². The fraction of sp³-hybridized carbons (Fsp3) is 0.0714. The Labute approximate surface area is 177 Å². The van der Waals surface area contributed by atoms with Crippen molar-refractivity contribution in [2.45, 2.75) is 0 Å². The highest BCUT2D eigenvalue weighted by atomic mass is 16.5. The van der Waals surface area contributed by atoms with E-state index in [-0.39, 0.29) is 0 Å². The van der Waals surface area contributed by atoms with Crippen LogP contribution in [-0.4, -0.2) is 14.2 Å². The fourth-order valence-electron chi connectivity index (χ4n) is 3.36. The SMILES string of the molecule is COc1ccc(-c2ccccc2C#Cc2ccccc2-c2ccc(OC)cc2)cc1. The van der Waals surface area contributed by atoms with Crippen LogP contribution < -0.4 is 9.47 Å². The third-order valence-corrected chi connectivity index (χ3v) is 4.99. The van der Waals surface area contributed by atoms with Gasteiger partial charge in [0.1, 0.15) is 11.5 Å². The Morgan fingerprint density at radius 3 is 1.20 bits per heavy atom. The lowest BCUT2D eigenvalue weighted by Gasteiger charge is -2.07. The molecule has 0 atom stereocenters. The molecule has 2 nitrogen and oxygen atoms in total. The Hall–Kier alpha value is -3.96. The number of ether oxygens (including phenoxy) is 2. The molecule has 0 saturated heterocycles. The summed E-state index contributed by atoms with van der Waals surface area (Å²) in [6.45, 7) is 0. The summed E-state index contributed by atoms with van der Waals surface area (Å²) in [5.41, 5.74) is 6.43. The van der Waals surface area contributed by atoms with Gasteiger partial charge < -0.3 is 9.47 Å². The second-order valence-corrected chi connectivity index (χ2v) is 6.80. The molecule has 0 N–H and O–H groups in total. The molecule has 0 bridgehead atoms. The average Bonchev–Trinajstić information content (AvgIpc) is 2.83. The molecule has 0 amide bonds. The first-order valence-corrected chi connectivity index (χ1v) is 9.77. The van der Waals surface area contributed by atoms with E-state index in [4.69, 9.17) is 9.47 Å². The summed E-state index contributed by atoms with van der Waals surface area (Å²) in [4.78, 5) is 0. The molecule has 4 rings (SSSR count). The molecule has 0 unspecified atom stereocenters. The molecule has 0 radical (unpaired) electrons. The third-order valence-electron chi connectivity index (χ3n) is 4.99. The van der Waals surface area contributed by atoms with Crippen molar-refractivity contribution in [2.24, 2.45) is 0 Å². The first-order chi connectivity index (χ1) is 14.8. The molecule has 0 spiro atoms. The maximum Gasteiger partial charge on any atom is 0.118 e. The summed E-state index contributed by atoms with van der Waals surface area (Å²) in [6.07, 6.45) is 0. The third kappa shape index (κ3) is 4.21. The molecule has 2 heteroatoms. The summed E-state index contributed by atoms with van der Waals surface area (Å²) in [7, 11) is 3.35. The standard InChI is InChI=1S/C28H22O2/c1-29-25-17-13-23(14-18-25)27-9-5-3-7-21(27)11-12-22-8-4-6-10-28(22)24-15-19-26(30-2)20-16-24/h3-10,13-20H,1-2H3. The van der Waals surface area contributed by atoms with Crippen molar-refractivity contribution < 1.29 is 9.47 Å². The Morgan fingerprint density at radius 1 is 0.467 bits per heavy atom. The van der Waals surface area contributed by atoms with E-state index in [2.05, 4.69) is 60.4 Å². The summed E-state index contributed by atoms with van der Waals surface area (Å²) in [5.74, 6) is 8.45. The quantitative estimate of drug-likeness (QED) is 0.373. The zero-order chi connectivity index (χ0) is 20.8. The molecule has 0 aliphatic rings. The van der Waals surface area contributed by atoms with E-state index in [1.807, 2.05) is 48.5 Å².